The molecular formula is C55H84O6. The third-order valence-electron chi connectivity index (χ3n) is 9.25. The molecule has 6 heteroatoms. The predicted molar refractivity (Wildman–Crippen MR) is 260 cm³/mol. The molecule has 0 aromatic heterocycles. The third-order valence-corrected chi connectivity index (χ3v) is 9.25. The monoisotopic (exact) mass is 841 g/mol. The van der Waals surface area contributed by atoms with Gasteiger partial charge in [-0.3, -0.25) is 14.4 Å². The molecule has 61 heavy (non-hydrogen) atoms. The van der Waals surface area contributed by atoms with E-state index in [1.54, 1.807) is 0 Å². The van der Waals surface area contributed by atoms with Crippen LogP contribution in [-0.4, -0.2) is 37.2 Å². The molecule has 0 rings (SSSR count). The summed E-state index contributed by atoms with van der Waals surface area (Å²) < 4.78 is 16.6. The van der Waals surface area contributed by atoms with Crippen molar-refractivity contribution in [1.82, 2.24) is 0 Å². The van der Waals surface area contributed by atoms with Crippen molar-refractivity contribution in [3.8, 4) is 0 Å². The summed E-state index contributed by atoms with van der Waals surface area (Å²) >= 11 is 0. The minimum absolute atomic E-state index is 0.138. The molecule has 0 radical (unpaired) electrons. The van der Waals surface area contributed by atoms with Crippen LogP contribution in [0.5, 0.6) is 0 Å². The van der Waals surface area contributed by atoms with E-state index in [1.165, 1.54) is 38.5 Å². The molecule has 0 aromatic carbocycles. The van der Waals surface area contributed by atoms with Crippen LogP contribution in [0.4, 0.5) is 0 Å². The zero-order valence-corrected chi connectivity index (χ0v) is 38.6. The van der Waals surface area contributed by atoms with Gasteiger partial charge in [-0.15, -0.1) is 0 Å². The number of allylic oxidation sites excluding steroid dienone is 22. The quantitative estimate of drug-likeness (QED) is 0.0201. The van der Waals surface area contributed by atoms with Crippen LogP contribution >= 0.6 is 0 Å². The van der Waals surface area contributed by atoms with Crippen LogP contribution in [0.1, 0.15) is 175 Å². The van der Waals surface area contributed by atoms with Gasteiger partial charge in [0.2, 0.25) is 0 Å². The maximum absolute atomic E-state index is 12.7. The van der Waals surface area contributed by atoms with E-state index in [1.807, 2.05) is 54.7 Å². The molecule has 0 spiro atoms. The number of unbranched alkanes of at least 4 members (excludes halogenated alkanes) is 11. The smallest absolute Gasteiger partial charge is 0.306 e. The summed E-state index contributed by atoms with van der Waals surface area (Å²) in [5, 5.41) is 0. The van der Waals surface area contributed by atoms with Crippen LogP contribution in [0.25, 0.3) is 0 Å². The predicted octanol–water partition coefficient (Wildman–Crippen LogP) is 15.5. The van der Waals surface area contributed by atoms with Gasteiger partial charge in [0, 0.05) is 19.3 Å². The van der Waals surface area contributed by atoms with Crippen LogP contribution in [0.2, 0.25) is 0 Å². The van der Waals surface area contributed by atoms with Crippen molar-refractivity contribution in [3.05, 3.63) is 134 Å². The van der Waals surface area contributed by atoms with Gasteiger partial charge in [0.15, 0.2) is 6.10 Å². The van der Waals surface area contributed by atoms with E-state index in [0.717, 1.165) is 77.0 Å². The van der Waals surface area contributed by atoms with Crippen molar-refractivity contribution >= 4 is 17.9 Å². The van der Waals surface area contributed by atoms with E-state index >= 15 is 0 Å². The number of carbonyl (C=O) groups excluding carboxylic acids is 3. The Balaban J connectivity index is 4.63. The molecule has 0 saturated heterocycles. The Hall–Kier alpha value is -4.45. The van der Waals surface area contributed by atoms with Crippen molar-refractivity contribution in [2.75, 3.05) is 13.2 Å². The molecule has 0 saturated carbocycles. The molecular weight excluding hydrogens is 757 g/mol. The molecule has 0 aliphatic carbocycles. The van der Waals surface area contributed by atoms with Crippen molar-refractivity contribution in [3.63, 3.8) is 0 Å². The van der Waals surface area contributed by atoms with Crippen molar-refractivity contribution < 1.29 is 28.6 Å². The maximum Gasteiger partial charge on any atom is 0.306 e. The van der Waals surface area contributed by atoms with Gasteiger partial charge in [0.05, 0.1) is 0 Å². The maximum atomic E-state index is 12.7. The Labute approximate surface area is 373 Å². The number of ether oxygens (including phenoxy) is 3. The lowest BCUT2D eigenvalue weighted by atomic mass is 10.1. The molecule has 1 atom stereocenters. The fourth-order valence-corrected chi connectivity index (χ4v) is 5.74. The van der Waals surface area contributed by atoms with E-state index in [9.17, 15) is 14.4 Å². The number of hydrogen-bond acceptors (Lipinski definition) is 6. The lowest BCUT2D eigenvalue weighted by Gasteiger charge is -2.18. The highest BCUT2D eigenvalue weighted by Crippen LogP contribution is 2.11. The van der Waals surface area contributed by atoms with Gasteiger partial charge < -0.3 is 14.2 Å². The highest BCUT2D eigenvalue weighted by molar-refractivity contribution is 5.71. The SMILES string of the molecule is CC\C=C/C=C\C=C/C=C\C=C/CCCC(=O)OC(COC(=O)CCC/C=C\C/C=C\C/C=C\C/C=C\C/C=C\CC)COC(=O)CCCCC/C=C\CCCCCCCC. The zero-order valence-electron chi connectivity index (χ0n) is 38.6. The molecule has 6 nitrogen and oxygen atoms in total. The first-order valence-electron chi connectivity index (χ1n) is 23.8. The van der Waals surface area contributed by atoms with Gasteiger partial charge in [-0.1, -0.05) is 193 Å². The largest absolute Gasteiger partial charge is 0.462 e. The van der Waals surface area contributed by atoms with E-state index in [2.05, 4.69) is 99.8 Å². The highest BCUT2D eigenvalue weighted by atomic mass is 16.6. The van der Waals surface area contributed by atoms with Crippen LogP contribution in [0.3, 0.4) is 0 Å². The van der Waals surface area contributed by atoms with Gasteiger partial charge in [0.25, 0.3) is 0 Å². The minimum Gasteiger partial charge on any atom is -0.462 e. The van der Waals surface area contributed by atoms with Gasteiger partial charge in [0.1, 0.15) is 13.2 Å². The second kappa shape index (κ2) is 48.2. The Kier molecular flexibility index (Phi) is 44.7. The lowest BCUT2D eigenvalue weighted by Crippen LogP contribution is -2.30. The molecule has 0 heterocycles. The Morgan fingerprint density at radius 3 is 1.28 bits per heavy atom. The number of hydrogen-bond donors (Lipinski definition) is 0. The van der Waals surface area contributed by atoms with Crippen molar-refractivity contribution in [1.29, 1.82) is 0 Å². The first kappa shape index (κ1) is 56.5. The van der Waals surface area contributed by atoms with Gasteiger partial charge in [-0.2, -0.15) is 0 Å². The Bertz CT molecular complexity index is 1380. The zero-order chi connectivity index (χ0) is 44.4. The topological polar surface area (TPSA) is 78.9 Å². The van der Waals surface area contributed by atoms with Crippen LogP contribution in [-0.2, 0) is 28.6 Å². The van der Waals surface area contributed by atoms with Crippen molar-refractivity contribution in [2.45, 2.75) is 181 Å². The molecule has 0 amide bonds. The molecule has 0 aliphatic rings. The number of carbonyl (C=O) groups is 3. The molecule has 340 valence electrons. The summed E-state index contributed by atoms with van der Waals surface area (Å²) in [7, 11) is 0. The number of rotatable bonds is 40. The minimum atomic E-state index is -0.847. The van der Waals surface area contributed by atoms with E-state index in [-0.39, 0.29) is 38.0 Å². The van der Waals surface area contributed by atoms with E-state index in [4.69, 9.17) is 14.2 Å². The third kappa shape index (κ3) is 46.5. The summed E-state index contributed by atoms with van der Waals surface area (Å²) in [5.74, 6) is -1.10. The molecule has 0 aliphatic heterocycles. The molecule has 1 unspecified atom stereocenters. The molecule has 0 aromatic rings. The van der Waals surface area contributed by atoms with E-state index in [0.29, 0.717) is 25.7 Å². The fourth-order valence-electron chi connectivity index (χ4n) is 5.74. The average molecular weight is 841 g/mol. The summed E-state index contributed by atoms with van der Waals surface area (Å²) in [4.78, 5) is 37.8. The Morgan fingerprint density at radius 2 is 0.738 bits per heavy atom. The standard InChI is InChI=1S/C55H84O6/c1-4-7-10-13-16-19-22-25-26-27-28-31-33-36-39-42-45-48-54(57)60-51-52(61-55(58)49-46-43-40-37-34-30-24-21-18-15-12-9-6-3)50-59-53(56)47-44-41-38-35-32-29-23-20-17-14-11-8-5-2/h7,9-10,12,15-16,18-19,21,24-26,28-32,34,36-37,39-40,52H,4-6,8,11,13-14,17,20,22-23,27,33,35,38,41-51H2,1-3H3/b10-7-,12-9-,18-15-,19-16-,24-21-,26-25-,31-28-,32-29-,34-30-,39-36-,40-37-. The molecule has 0 fully saturated rings. The van der Waals surface area contributed by atoms with Gasteiger partial charge in [-0.05, 0) is 96.3 Å². The summed E-state index contributed by atoms with van der Waals surface area (Å²) in [6.07, 6.45) is 67.3. The van der Waals surface area contributed by atoms with Crippen molar-refractivity contribution in [2.24, 2.45) is 0 Å². The van der Waals surface area contributed by atoms with Gasteiger partial charge in [-0.25, -0.2) is 0 Å². The summed E-state index contributed by atoms with van der Waals surface area (Å²) in [6.45, 7) is 6.21. The van der Waals surface area contributed by atoms with Crippen LogP contribution < -0.4 is 0 Å². The second-order valence-electron chi connectivity index (χ2n) is 15.0. The highest BCUT2D eigenvalue weighted by Gasteiger charge is 2.19. The van der Waals surface area contributed by atoms with Gasteiger partial charge >= 0.3 is 17.9 Å². The summed E-state index contributed by atoms with van der Waals surface area (Å²) in [6, 6.07) is 0. The molecule has 0 bridgehead atoms. The van der Waals surface area contributed by atoms with E-state index < -0.39 is 12.1 Å². The van der Waals surface area contributed by atoms with Crippen LogP contribution in [0.15, 0.2) is 134 Å². The first-order valence-corrected chi connectivity index (χ1v) is 23.8. The Morgan fingerprint density at radius 1 is 0.361 bits per heavy atom. The van der Waals surface area contributed by atoms with Crippen LogP contribution in [0, 0.1) is 0 Å². The summed E-state index contributed by atoms with van der Waals surface area (Å²) in [5.41, 5.74) is 0. The average Bonchev–Trinajstić information content (AvgIpc) is 3.26. The molecule has 0 N–H and O–H groups in total. The number of esters is 3. The first-order chi connectivity index (χ1) is 30.0. The lowest BCUT2D eigenvalue weighted by molar-refractivity contribution is -0.167. The second-order valence-corrected chi connectivity index (χ2v) is 15.0. The fraction of sp³-hybridized carbons (Fsp3) is 0.545. The normalized spacial score (nSPS) is 13.3.